The van der Waals surface area contributed by atoms with Crippen molar-refractivity contribution in [2.24, 2.45) is 0 Å². The molecule has 0 nitrogen and oxygen atoms in total. The number of rotatable bonds is 0. The summed E-state index contributed by atoms with van der Waals surface area (Å²) in [6.07, 6.45) is 0. The van der Waals surface area contributed by atoms with E-state index in [2.05, 4.69) is 42.9 Å². The van der Waals surface area contributed by atoms with Crippen LogP contribution in [0.1, 0.15) is 4.88 Å². The van der Waals surface area contributed by atoms with Crippen LogP contribution in [0.5, 0.6) is 0 Å². The summed E-state index contributed by atoms with van der Waals surface area (Å²) in [5.74, 6) is 8.81. The van der Waals surface area contributed by atoms with Gasteiger partial charge >= 0.3 is 0 Å². The molecular formula is C11H12SSi. The van der Waals surface area contributed by atoms with E-state index in [0.717, 1.165) is 4.88 Å². The first-order valence-corrected chi connectivity index (χ1v) is 8.52. The van der Waals surface area contributed by atoms with Crippen LogP contribution >= 0.6 is 11.3 Å². The van der Waals surface area contributed by atoms with Gasteiger partial charge in [0.05, 0.1) is 4.88 Å². The van der Waals surface area contributed by atoms with E-state index in [1.165, 1.54) is 0 Å². The minimum Gasteiger partial charge on any atom is -0.135 e. The van der Waals surface area contributed by atoms with Crippen molar-refractivity contribution in [2.45, 2.75) is 19.6 Å². The van der Waals surface area contributed by atoms with Crippen molar-refractivity contribution in [1.82, 2.24) is 0 Å². The molecule has 0 amide bonds. The standard InChI is InChI=1S/C11H12SSi/c1-13(2,3)10-5-4-7-11-8-6-9-12-11/h6,8-9H,1-3H3. The van der Waals surface area contributed by atoms with Crippen molar-refractivity contribution in [1.29, 1.82) is 0 Å². The van der Waals surface area contributed by atoms with E-state index in [1.54, 1.807) is 11.3 Å². The van der Waals surface area contributed by atoms with E-state index in [1.807, 2.05) is 17.5 Å². The fourth-order valence-electron chi connectivity index (χ4n) is 0.661. The monoisotopic (exact) mass is 204 g/mol. The van der Waals surface area contributed by atoms with Gasteiger partial charge in [0.1, 0.15) is 8.07 Å². The van der Waals surface area contributed by atoms with Gasteiger partial charge in [-0.3, -0.25) is 0 Å². The zero-order valence-electron chi connectivity index (χ0n) is 8.14. The average Bonchev–Trinajstić information content (AvgIpc) is 2.48. The first kappa shape index (κ1) is 10.1. The van der Waals surface area contributed by atoms with E-state index >= 15 is 0 Å². The van der Waals surface area contributed by atoms with Crippen LogP contribution in [-0.4, -0.2) is 8.07 Å². The maximum absolute atomic E-state index is 3.20. The Morgan fingerprint density at radius 2 is 2.00 bits per heavy atom. The van der Waals surface area contributed by atoms with Gasteiger partial charge in [0, 0.05) is 0 Å². The van der Waals surface area contributed by atoms with Gasteiger partial charge < -0.3 is 0 Å². The van der Waals surface area contributed by atoms with E-state index in [0.29, 0.717) is 0 Å². The molecule has 0 fully saturated rings. The quantitative estimate of drug-likeness (QED) is 0.450. The normalized spacial score (nSPS) is 9.46. The van der Waals surface area contributed by atoms with Crippen molar-refractivity contribution >= 4 is 19.4 Å². The summed E-state index contributed by atoms with van der Waals surface area (Å²) in [6, 6.07) is 4.01. The molecule has 13 heavy (non-hydrogen) atoms. The smallest absolute Gasteiger partial charge is 0.130 e. The Labute approximate surface area is 85.0 Å². The molecule has 0 aliphatic carbocycles. The lowest BCUT2D eigenvalue weighted by Crippen LogP contribution is -2.16. The molecule has 0 unspecified atom stereocenters. The molecule has 0 N–H and O–H groups in total. The molecule has 0 bridgehead atoms. The van der Waals surface area contributed by atoms with Crippen LogP contribution in [0.2, 0.25) is 19.6 Å². The van der Waals surface area contributed by atoms with Gasteiger partial charge in [-0.1, -0.05) is 25.7 Å². The van der Waals surface area contributed by atoms with E-state index in [-0.39, 0.29) is 0 Å². The summed E-state index contributed by atoms with van der Waals surface area (Å²) in [5.41, 5.74) is 3.20. The maximum Gasteiger partial charge on any atom is 0.130 e. The van der Waals surface area contributed by atoms with Gasteiger partial charge in [0.15, 0.2) is 0 Å². The van der Waals surface area contributed by atoms with Crippen LogP contribution in [0.3, 0.4) is 0 Å². The summed E-state index contributed by atoms with van der Waals surface area (Å²) >= 11 is 1.65. The van der Waals surface area contributed by atoms with Gasteiger partial charge in [0.2, 0.25) is 0 Å². The van der Waals surface area contributed by atoms with E-state index < -0.39 is 8.07 Å². The lowest BCUT2D eigenvalue weighted by atomic mass is 10.4. The summed E-state index contributed by atoms with van der Waals surface area (Å²) in [5, 5.41) is 2.02. The summed E-state index contributed by atoms with van der Waals surface area (Å²) in [4.78, 5) is 1.09. The molecular weight excluding hydrogens is 192 g/mol. The lowest BCUT2D eigenvalue weighted by molar-refractivity contribution is 1.81. The SMILES string of the molecule is C[Si](C)(C)C#CC#Cc1cccs1. The zero-order chi connectivity index (χ0) is 9.73. The molecule has 0 aliphatic heterocycles. The van der Waals surface area contributed by atoms with Gasteiger partial charge in [-0.15, -0.1) is 16.9 Å². The molecule has 0 aliphatic rings. The third-order valence-electron chi connectivity index (χ3n) is 1.21. The fourth-order valence-corrected chi connectivity index (χ4v) is 1.67. The second-order valence-electron chi connectivity index (χ2n) is 3.73. The zero-order valence-corrected chi connectivity index (χ0v) is 9.96. The number of hydrogen-bond donors (Lipinski definition) is 0. The molecule has 0 atom stereocenters. The van der Waals surface area contributed by atoms with Crippen molar-refractivity contribution in [3.63, 3.8) is 0 Å². The molecule has 0 saturated carbocycles. The molecule has 0 saturated heterocycles. The highest BCUT2D eigenvalue weighted by atomic mass is 32.1. The number of hydrogen-bond acceptors (Lipinski definition) is 1. The average molecular weight is 204 g/mol. The van der Waals surface area contributed by atoms with Crippen LogP contribution < -0.4 is 0 Å². The second kappa shape index (κ2) is 4.32. The topological polar surface area (TPSA) is 0 Å². The maximum atomic E-state index is 3.20. The molecule has 66 valence electrons. The Kier molecular flexibility index (Phi) is 3.37. The number of thiophene rings is 1. The Balaban J connectivity index is 2.64. The first-order chi connectivity index (χ1) is 6.08. The molecule has 1 aromatic rings. The van der Waals surface area contributed by atoms with Gasteiger partial charge in [0.25, 0.3) is 0 Å². The molecule has 0 aromatic carbocycles. The van der Waals surface area contributed by atoms with Crippen molar-refractivity contribution < 1.29 is 0 Å². The van der Waals surface area contributed by atoms with Gasteiger partial charge in [-0.2, -0.15) is 0 Å². The fraction of sp³-hybridized carbons (Fsp3) is 0.273. The highest BCUT2D eigenvalue weighted by Gasteiger charge is 2.06. The predicted molar refractivity (Wildman–Crippen MR) is 62.3 cm³/mol. The summed E-state index contributed by atoms with van der Waals surface area (Å²) in [6.45, 7) is 6.65. The summed E-state index contributed by atoms with van der Waals surface area (Å²) in [7, 11) is -1.24. The third kappa shape index (κ3) is 4.57. The van der Waals surface area contributed by atoms with E-state index in [9.17, 15) is 0 Å². The minimum absolute atomic E-state index is 1.09. The molecule has 1 rings (SSSR count). The third-order valence-corrected chi connectivity index (χ3v) is 2.87. The Morgan fingerprint density at radius 3 is 2.54 bits per heavy atom. The first-order valence-electron chi connectivity index (χ1n) is 4.15. The van der Waals surface area contributed by atoms with Crippen molar-refractivity contribution in [2.75, 3.05) is 0 Å². The van der Waals surface area contributed by atoms with Crippen LogP contribution in [0.15, 0.2) is 17.5 Å². The Morgan fingerprint density at radius 1 is 1.23 bits per heavy atom. The molecule has 1 heterocycles. The Hall–Kier alpha value is -0.963. The highest BCUT2D eigenvalue weighted by molar-refractivity contribution is 7.10. The van der Waals surface area contributed by atoms with Gasteiger partial charge in [-0.25, -0.2) is 0 Å². The summed E-state index contributed by atoms with van der Waals surface area (Å²) < 4.78 is 0. The largest absolute Gasteiger partial charge is 0.135 e. The molecule has 2 heteroatoms. The van der Waals surface area contributed by atoms with Crippen LogP contribution in [0.25, 0.3) is 0 Å². The van der Waals surface area contributed by atoms with Crippen LogP contribution in [0, 0.1) is 23.3 Å². The highest BCUT2D eigenvalue weighted by Crippen LogP contribution is 2.05. The van der Waals surface area contributed by atoms with Crippen molar-refractivity contribution in [3.05, 3.63) is 22.4 Å². The minimum atomic E-state index is -1.24. The van der Waals surface area contributed by atoms with E-state index in [4.69, 9.17) is 0 Å². The molecule has 1 aromatic heterocycles. The lowest BCUT2D eigenvalue weighted by Gasteiger charge is -2.01. The van der Waals surface area contributed by atoms with Crippen LogP contribution in [-0.2, 0) is 0 Å². The molecule has 0 radical (unpaired) electrons. The van der Waals surface area contributed by atoms with Crippen LogP contribution in [0.4, 0.5) is 0 Å². The Bertz CT molecular complexity index is 374. The van der Waals surface area contributed by atoms with Crippen molar-refractivity contribution in [3.8, 4) is 23.3 Å². The molecule has 0 spiro atoms. The van der Waals surface area contributed by atoms with Gasteiger partial charge in [-0.05, 0) is 29.2 Å². The predicted octanol–water partition coefficient (Wildman–Crippen LogP) is 2.98. The second-order valence-corrected chi connectivity index (χ2v) is 9.42.